The Hall–Kier alpha value is -2.42. The summed E-state index contributed by atoms with van der Waals surface area (Å²) in [5.74, 6) is 0. The molecule has 3 nitrogen and oxygen atoms in total. The zero-order chi connectivity index (χ0) is 11.2. The predicted molar refractivity (Wildman–Crippen MR) is 68.9 cm³/mol. The summed E-state index contributed by atoms with van der Waals surface area (Å²) in [6.45, 7) is 0. The highest BCUT2D eigenvalue weighted by Gasteiger charge is 2.06. The molecule has 1 aromatic carbocycles. The smallest absolute Gasteiger partial charge is 0.140 e. The molecule has 1 N–H and O–H groups in total. The first-order valence-corrected chi connectivity index (χ1v) is 5.54. The van der Waals surface area contributed by atoms with Gasteiger partial charge in [-0.3, -0.25) is 0 Å². The lowest BCUT2D eigenvalue weighted by atomic mass is 10.1. The summed E-state index contributed by atoms with van der Waals surface area (Å²) in [5.41, 5.74) is 2.80. The van der Waals surface area contributed by atoms with Crippen LogP contribution < -0.4 is 0 Å². The summed E-state index contributed by atoms with van der Waals surface area (Å²) in [7, 11) is 0. The van der Waals surface area contributed by atoms with Crippen molar-refractivity contribution < 1.29 is 0 Å². The van der Waals surface area contributed by atoms with Gasteiger partial charge in [-0.15, -0.1) is 0 Å². The van der Waals surface area contributed by atoms with E-state index in [-0.39, 0.29) is 0 Å². The van der Waals surface area contributed by atoms with Gasteiger partial charge < -0.3 is 4.98 Å². The lowest BCUT2D eigenvalue weighted by molar-refractivity contribution is 1.32. The van der Waals surface area contributed by atoms with E-state index in [1.54, 1.807) is 6.20 Å². The molecule has 0 unspecified atom stereocenters. The fourth-order valence-corrected chi connectivity index (χ4v) is 2.25. The van der Waals surface area contributed by atoms with E-state index in [1.807, 2.05) is 24.3 Å². The van der Waals surface area contributed by atoms with Crippen LogP contribution in [0.25, 0.3) is 33.0 Å². The molecular formula is C14H9N3. The molecule has 4 rings (SSSR count). The monoisotopic (exact) mass is 219 g/mol. The van der Waals surface area contributed by atoms with E-state index in [1.165, 1.54) is 0 Å². The minimum Gasteiger partial charge on any atom is -0.324 e. The average molecular weight is 219 g/mol. The van der Waals surface area contributed by atoms with Crippen molar-refractivity contribution in [2.24, 2.45) is 0 Å². The molecule has 0 aliphatic rings. The Morgan fingerprint density at radius 2 is 1.82 bits per heavy atom. The van der Waals surface area contributed by atoms with Crippen molar-refractivity contribution in [1.82, 2.24) is 15.0 Å². The third-order valence-electron chi connectivity index (χ3n) is 3.06. The number of benzene rings is 1. The molecule has 0 aliphatic heterocycles. The summed E-state index contributed by atoms with van der Waals surface area (Å²) in [6.07, 6.45) is 1.79. The summed E-state index contributed by atoms with van der Waals surface area (Å²) in [4.78, 5) is 12.2. The molecule has 17 heavy (non-hydrogen) atoms. The van der Waals surface area contributed by atoms with Crippen molar-refractivity contribution in [3.05, 3.63) is 48.7 Å². The van der Waals surface area contributed by atoms with Gasteiger partial charge in [0.2, 0.25) is 0 Å². The van der Waals surface area contributed by atoms with Gasteiger partial charge >= 0.3 is 0 Å². The first kappa shape index (κ1) is 8.70. The second-order valence-electron chi connectivity index (χ2n) is 4.10. The normalized spacial score (nSPS) is 11.5. The summed E-state index contributed by atoms with van der Waals surface area (Å²) >= 11 is 0. The van der Waals surface area contributed by atoms with E-state index in [9.17, 15) is 0 Å². The summed E-state index contributed by atoms with van der Waals surface area (Å²) in [6, 6.07) is 14.3. The van der Waals surface area contributed by atoms with Crippen LogP contribution in [0.5, 0.6) is 0 Å². The van der Waals surface area contributed by atoms with Gasteiger partial charge in [0.05, 0.1) is 5.52 Å². The van der Waals surface area contributed by atoms with Gasteiger partial charge in [0.15, 0.2) is 0 Å². The van der Waals surface area contributed by atoms with Crippen LogP contribution in [0.15, 0.2) is 48.7 Å². The molecule has 0 saturated heterocycles. The maximum absolute atomic E-state index is 4.62. The van der Waals surface area contributed by atoms with Gasteiger partial charge in [0, 0.05) is 22.4 Å². The van der Waals surface area contributed by atoms with Crippen molar-refractivity contribution in [3.8, 4) is 0 Å². The van der Waals surface area contributed by atoms with E-state index in [4.69, 9.17) is 0 Å². The maximum atomic E-state index is 4.62. The lowest BCUT2D eigenvalue weighted by Gasteiger charge is -1.96. The first-order valence-electron chi connectivity index (χ1n) is 5.54. The highest BCUT2D eigenvalue weighted by atomic mass is 14.9. The van der Waals surface area contributed by atoms with Gasteiger partial charge in [0.25, 0.3) is 0 Å². The van der Waals surface area contributed by atoms with Crippen LogP contribution in [-0.4, -0.2) is 15.0 Å². The highest BCUT2D eigenvalue weighted by Crippen LogP contribution is 2.25. The number of rotatable bonds is 0. The van der Waals surface area contributed by atoms with Gasteiger partial charge in [0.1, 0.15) is 11.3 Å². The maximum Gasteiger partial charge on any atom is 0.140 e. The first-order chi connectivity index (χ1) is 8.42. The minimum absolute atomic E-state index is 0.894. The Morgan fingerprint density at radius 3 is 2.82 bits per heavy atom. The van der Waals surface area contributed by atoms with Crippen LogP contribution in [0.1, 0.15) is 0 Å². The van der Waals surface area contributed by atoms with Crippen LogP contribution >= 0.6 is 0 Å². The molecule has 80 valence electrons. The van der Waals surface area contributed by atoms with E-state index in [2.05, 4.69) is 33.2 Å². The number of H-pyrrole nitrogens is 1. The zero-order valence-corrected chi connectivity index (χ0v) is 9.01. The van der Waals surface area contributed by atoms with Crippen molar-refractivity contribution in [1.29, 1.82) is 0 Å². The van der Waals surface area contributed by atoms with Crippen molar-refractivity contribution >= 4 is 33.0 Å². The molecule has 0 bridgehead atoms. The quantitative estimate of drug-likeness (QED) is 0.493. The SMILES string of the molecule is c1ccc2nc3[nH]c4ncccc4c3cc2c1. The molecule has 0 spiro atoms. The van der Waals surface area contributed by atoms with Crippen LogP contribution in [-0.2, 0) is 0 Å². The largest absolute Gasteiger partial charge is 0.324 e. The molecule has 0 saturated carbocycles. The van der Waals surface area contributed by atoms with Crippen LogP contribution in [0.4, 0.5) is 0 Å². The van der Waals surface area contributed by atoms with Gasteiger partial charge in [-0.05, 0) is 24.3 Å². The number of hydrogen-bond acceptors (Lipinski definition) is 2. The van der Waals surface area contributed by atoms with Gasteiger partial charge in [-0.1, -0.05) is 18.2 Å². The molecule has 0 fully saturated rings. The highest BCUT2D eigenvalue weighted by molar-refractivity contribution is 6.08. The number of nitrogens with one attached hydrogen (secondary N) is 1. The molecule has 0 atom stereocenters. The summed E-state index contributed by atoms with van der Waals surface area (Å²) < 4.78 is 0. The van der Waals surface area contributed by atoms with E-state index >= 15 is 0 Å². The van der Waals surface area contributed by atoms with Gasteiger partial charge in [-0.25, -0.2) is 9.97 Å². The zero-order valence-electron chi connectivity index (χ0n) is 9.01. The molecule has 3 aromatic heterocycles. The summed E-state index contributed by atoms with van der Waals surface area (Å²) in [5, 5.41) is 3.41. The Bertz CT molecular complexity index is 840. The third-order valence-corrected chi connectivity index (χ3v) is 3.06. The van der Waals surface area contributed by atoms with Crippen molar-refractivity contribution in [2.75, 3.05) is 0 Å². The van der Waals surface area contributed by atoms with Crippen LogP contribution in [0, 0.1) is 0 Å². The average Bonchev–Trinajstić information content (AvgIpc) is 2.73. The second kappa shape index (κ2) is 3.04. The number of para-hydroxylation sites is 1. The number of hydrogen-bond donors (Lipinski definition) is 1. The minimum atomic E-state index is 0.894. The Morgan fingerprint density at radius 1 is 0.882 bits per heavy atom. The van der Waals surface area contributed by atoms with Crippen molar-refractivity contribution in [3.63, 3.8) is 0 Å². The topological polar surface area (TPSA) is 41.6 Å². The standard InChI is InChI=1S/C14H9N3/c1-2-6-12-9(4-1)8-11-10-5-3-7-15-13(10)17-14(11)16-12/h1-8H,(H,15,16,17). The lowest BCUT2D eigenvalue weighted by Crippen LogP contribution is -1.79. The second-order valence-corrected chi connectivity index (χ2v) is 4.10. The number of aromatic nitrogens is 3. The predicted octanol–water partition coefficient (Wildman–Crippen LogP) is 3.26. The Balaban J connectivity index is 2.28. The van der Waals surface area contributed by atoms with E-state index < -0.39 is 0 Å². The molecule has 3 heteroatoms. The number of nitrogens with zero attached hydrogens (tertiary/aromatic N) is 2. The number of fused-ring (bicyclic) bond motifs is 4. The third kappa shape index (κ3) is 1.16. The molecule has 0 aliphatic carbocycles. The molecule has 0 radical (unpaired) electrons. The van der Waals surface area contributed by atoms with Gasteiger partial charge in [-0.2, -0.15) is 0 Å². The van der Waals surface area contributed by atoms with Crippen LogP contribution in [0.2, 0.25) is 0 Å². The van der Waals surface area contributed by atoms with E-state index in [0.29, 0.717) is 0 Å². The van der Waals surface area contributed by atoms with Crippen LogP contribution in [0.3, 0.4) is 0 Å². The molecule has 4 aromatic rings. The molecule has 0 amide bonds. The Kier molecular flexibility index (Phi) is 1.56. The Labute approximate surface area is 97.1 Å². The fourth-order valence-electron chi connectivity index (χ4n) is 2.25. The fraction of sp³-hybridized carbons (Fsp3) is 0. The molecular weight excluding hydrogens is 210 g/mol. The number of pyridine rings is 2. The number of aromatic amines is 1. The van der Waals surface area contributed by atoms with E-state index in [0.717, 1.165) is 33.0 Å². The van der Waals surface area contributed by atoms with Crippen molar-refractivity contribution in [2.45, 2.75) is 0 Å². The molecule has 3 heterocycles.